The summed E-state index contributed by atoms with van der Waals surface area (Å²) in [5.41, 5.74) is 0.649. The van der Waals surface area contributed by atoms with Gasteiger partial charge in [0.05, 0.1) is 7.11 Å². The third-order valence-electron chi connectivity index (χ3n) is 2.86. The largest absolute Gasteiger partial charge is 0.504 e. The second kappa shape index (κ2) is 7.33. The van der Waals surface area contributed by atoms with E-state index in [0.29, 0.717) is 11.3 Å². The highest BCUT2D eigenvalue weighted by molar-refractivity contribution is 5.94. The zero-order valence-electron chi connectivity index (χ0n) is 12.2. The number of rotatable bonds is 6. The van der Waals surface area contributed by atoms with Crippen molar-refractivity contribution in [3.05, 3.63) is 29.8 Å². The zero-order valence-corrected chi connectivity index (χ0v) is 12.2. The van der Waals surface area contributed by atoms with Crippen molar-refractivity contribution in [3.8, 4) is 11.5 Å². The first kappa shape index (κ1) is 16.6. The summed E-state index contributed by atoms with van der Waals surface area (Å²) in [5, 5.41) is 20.9. The molecule has 6 nitrogen and oxygen atoms in total. The fourth-order valence-electron chi connectivity index (χ4n) is 1.68. The number of amides is 1. The molecule has 0 saturated carbocycles. The Labute approximate surface area is 123 Å². The summed E-state index contributed by atoms with van der Waals surface area (Å²) in [6, 6.07) is 3.69. The number of carboxylic acids is 1. The van der Waals surface area contributed by atoms with Gasteiger partial charge in [0.2, 0.25) is 5.91 Å². The molecule has 0 aliphatic heterocycles. The number of phenols is 1. The van der Waals surface area contributed by atoms with Gasteiger partial charge in [0.1, 0.15) is 6.04 Å². The number of benzene rings is 1. The molecule has 1 atom stereocenters. The van der Waals surface area contributed by atoms with Crippen LogP contribution in [-0.4, -0.2) is 35.2 Å². The van der Waals surface area contributed by atoms with Crippen LogP contribution in [0.25, 0.3) is 6.08 Å². The highest BCUT2D eigenvalue weighted by Crippen LogP contribution is 2.26. The van der Waals surface area contributed by atoms with Crippen molar-refractivity contribution < 1.29 is 24.5 Å². The Morgan fingerprint density at radius 1 is 1.33 bits per heavy atom. The maximum absolute atomic E-state index is 11.7. The van der Waals surface area contributed by atoms with E-state index >= 15 is 0 Å². The van der Waals surface area contributed by atoms with E-state index in [1.54, 1.807) is 26.0 Å². The molecule has 0 fully saturated rings. The highest BCUT2D eigenvalue weighted by Gasteiger charge is 2.22. The molecule has 0 saturated heterocycles. The fourth-order valence-corrected chi connectivity index (χ4v) is 1.68. The second-order valence-electron chi connectivity index (χ2n) is 4.83. The molecule has 6 heteroatoms. The van der Waals surface area contributed by atoms with Gasteiger partial charge in [-0.1, -0.05) is 19.9 Å². The summed E-state index contributed by atoms with van der Waals surface area (Å²) in [4.78, 5) is 22.7. The maximum Gasteiger partial charge on any atom is 0.326 e. The van der Waals surface area contributed by atoms with Gasteiger partial charge in [0.15, 0.2) is 11.5 Å². The van der Waals surface area contributed by atoms with Crippen LogP contribution in [0.15, 0.2) is 24.3 Å². The van der Waals surface area contributed by atoms with Crippen molar-refractivity contribution in [2.45, 2.75) is 19.9 Å². The van der Waals surface area contributed by atoms with E-state index in [1.165, 1.54) is 25.3 Å². The summed E-state index contributed by atoms with van der Waals surface area (Å²) in [6.07, 6.45) is 2.75. The van der Waals surface area contributed by atoms with Crippen LogP contribution in [0.5, 0.6) is 11.5 Å². The number of carboxylic acid groups (broad SMARTS) is 1. The molecule has 114 valence electrons. The van der Waals surface area contributed by atoms with Gasteiger partial charge in [0.25, 0.3) is 0 Å². The molecule has 1 aromatic rings. The van der Waals surface area contributed by atoms with E-state index < -0.39 is 17.9 Å². The number of carbonyl (C=O) groups is 2. The number of hydrogen-bond donors (Lipinski definition) is 3. The Bertz CT molecular complexity index is 551. The van der Waals surface area contributed by atoms with Crippen LogP contribution in [-0.2, 0) is 9.59 Å². The smallest absolute Gasteiger partial charge is 0.326 e. The molecule has 1 amide bonds. The SMILES string of the molecule is COc1cc(/C=C/C(=O)N[C@H](C(=O)O)C(C)C)ccc1O. The van der Waals surface area contributed by atoms with Crippen LogP contribution >= 0.6 is 0 Å². The molecule has 0 radical (unpaired) electrons. The molecule has 0 spiro atoms. The zero-order chi connectivity index (χ0) is 16.0. The lowest BCUT2D eigenvalue weighted by molar-refractivity contribution is -0.142. The van der Waals surface area contributed by atoms with Crippen LogP contribution in [0.2, 0.25) is 0 Å². The van der Waals surface area contributed by atoms with Gasteiger partial charge in [-0.05, 0) is 29.7 Å². The first-order chi connectivity index (χ1) is 9.85. The quantitative estimate of drug-likeness (QED) is 0.693. The summed E-state index contributed by atoms with van der Waals surface area (Å²) < 4.78 is 4.96. The van der Waals surface area contributed by atoms with E-state index in [0.717, 1.165) is 0 Å². The maximum atomic E-state index is 11.7. The third-order valence-corrected chi connectivity index (χ3v) is 2.86. The minimum atomic E-state index is -1.07. The number of nitrogens with one attached hydrogen (secondary N) is 1. The predicted molar refractivity (Wildman–Crippen MR) is 78.1 cm³/mol. The van der Waals surface area contributed by atoms with E-state index in [2.05, 4.69) is 5.32 Å². The van der Waals surface area contributed by atoms with Crippen LogP contribution in [0.1, 0.15) is 19.4 Å². The topological polar surface area (TPSA) is 95.9 Å². The van der Waals surface area contributed by atoms with Gasteiger partial charge < -0.3 is 20.3 Å². The van der Waals surface area contributed by atoms with Crippen molar-refractivity contribution in [3.63, 3.8) is 0 Å². The Balaban J connectivity index is 2.76. The molecule has 0 aromatic heterocycles. The summed E-state index contributed by atoms with van der Waals surface area (Å²) in [5.74, 6) is -1.48. The van der Waals surface area contributed by atoms with Crippen molar-refractivity contribution >= 4 is 18.0 Å². The minimum Gasteiger partial charge on any atom is -0.504 e. The molecular formula is C15H19NO5. The first-order valence-electron chi connectivity index (χ1n) is 6.43. The van der Waals surface area contributed by atoms with Crippen LogP contribution in [0, 0.1) is 5.92 Å². The van der Waals surface area contributed by atoms with Gasteiger partial charge in [0, 0.05) is 6.08 Å². The number of ether oxygens (including phenoxy) is 1. The highest BCUT2D eigenvalue weighted by atomic mass is 16.5. The minimum absolute atomic E-state index is 0.00449. The number of phenolic OH excluding ortho intramolecular Hbond substituents is 1. The molecule has 1 aromatic carbocycles. The van der Waals surface area contributed by atoms with E-state index in [1.807, 2.05) is 0 Å². The second-order valence-corrected chi connectivity index (χ2v) is 4.83. The third kappa shape index (κ3) is 4.83. The van der Waals surface area contributed by atoms with Gasteiger partial charge >= 0.3 is 5.97 Å². The van der Waals surface area contributed by atoms with Crippen LogP contribution in [0.3, 0.4) is 0 Å². The number of carbonyl (C=O) groups excluding carboxylic acids is 1. The molecule has 0 aliphatic rings. The monoisotopic (exact) mass is 293 g/mol. The normalized spacial score (nSPS) is 12.4. The average molecular weight is 293 g/mol. The Morgan fingerprint density at radius 3 is 2.52 bits per heavy atom. The van der Waals surface area contributed by atoms with Crippen LogP contribution < -0.4 is 10.1 Å². The average Bonchev–Trinajstić information content (AvgIpc) is 2.43. The Hall–Kier alpha value is -2.50. The molecule has 0 bridgehead atoms. The summed E-state index contributed by atoms with van der Waals surface area (Å²) >= 11 is 0. The van der Waals surface area contributed by atoms with E-state index in [4.69, 9.17) is 9.84 Å². The molecule has 3 N–H and O–H groups in total. The Kier molecular flexibility index (Phi) is 5.78. The summed E-state index contributed by atoms with van der Waals surface area (Å²) in [6.45, 7) is 3.43. The molecule has 21 heavy (non-hydrogen) atoms. The molecule has 0 heterocycles. The standard InChI is InChI=1S/C15H19NO5/c1-9(2)14(15(19)20)16-13(18)7-5-10-4-6-11(17)12(8-10)21-3/h4-9,14,17H,1-3H3,(H,16,18)(H,19,20)/b7-5+/t14-/m0/s1. The van der Waals surface area contributed by atoms with Gasteiger partial charge in [-0.2, -0.15) is 0 Å². The van der Waals surface area contributed by atoms with Crippen molar-refractivity contribution in [1.82, 2.24) is 5.32 Å². The lowest BCUT2D eigenvalue weighted by Crippen LogP contribution is -2.43. The number of aromatic hydroxyl groups is 1. The molecule has 1 rings (SSSR count). The number of hydrogen-bond acceptors (Lipinski definition) is 4. The fraction of sp³-hybridized carbons (Fsp3) is 0.333. The van der Waals surface area contributed by atoms with Crippen LogP contribution in [0.4, 0.5) is 0 Å². The number of methoxy groups -OCH3 is 1. The van der Waals surface area contributed by atoms with Gasteiger partial charge in [-0.15, -0.1) is 0 Å². The first-order valence-corrected chi connectivity index (χ1v) is 6.43. The van der Waals surface area contributed by atoms with Gasteiger partial charge in [-0.25, -0.2) is 4.79 Å². The van der Waals surface area contributed by atoms with Crippen molar-refractivity contribution in [2.75, 3.05) is 7.11 Å². The number of aliphatic carboxylic acids is 1. The van der Waals surface area contributed by atoms with Crippen molar-refractivity contribution in [2.24, 2.45) is 5.92 Å². The molecule has 0 unspecified atom stereocenters. The molecule has 0 aliphatic carbocycles. The van der Waals surface area contributed by atoms with E-state index in [-0.39, 0.29) is 11.7 Å². The van der Waals surface area contributed by atoms with Crippen molar-refractivity contribution in [1.29, 1.82) is 0 Å². The van der Waals surface area contributed by atoms with Gasteiger partial charge in [-0.3, -0.25) is 4.79 Å². The lowest BCUT2D eigenvalue weighted by atomic mass is 10.0. The predicted octanol–water partition coefficient (Wildman–Crippen LogP) is 1.64. The Morgan fingerprint density at radius 2 is 2.00 bits per heavy atom. The van der Waals surface area contributed by atoms with E-state index in [9.17, 15) is 14.7 Å². The molecular weight excluding hydrogens is 274 g/mol. The lowest BCUT2D eigenvalue weighted by Gasteiger charge is -2.16. The summed E-state index contributed by atoms with van der Waals surface area (Å²) in [7, 11) is 1.43.